The number of hydrogen-bond acceptors (Lipinski definition) is 3. The predicted molar refractivity (Wildman–Crippen MR) is 111 cm³/mol. The van der Waals surface area contributed by atoms with Crippen molar-refractivity contribution in [3.63, 3.8) is 0 Å². The Balaban J connectivity index is 0.000000367. The van der Waals surface area contributed by atoms with Gasteiger partial charge < -0.3 is 4.74 Å². The lowest BCUT2D eigenvalue weighted by atomic mass is 10.00. The highest BCUT2D eigenvalue weighted by Crippen LogP contribution is 2.30. The van der Waals surface area contributed by atoms with E-state index in [-0.39, 0.29) is 0 Å². The Morgan fingerprint density at radius 1 is 0.867 bits per heavy atom. The molecule has 0 unspecified atom stereocenters. The Morgan fingerprint density at radius 3 is 2.17 bits per heavy atom. The van der Waals surface area contributed by atoms with Crippen molar-refractivity contribution in [2.24, 2.45) is 0 Å². The second-order valence-corrected chi connectivity index (χ2v) is 7.04. The molecule has 0 atom stereocenters. The number of ether oxygens (including phenoxy) is 1. The van der Waals surface area contributed by atoms with Crippen molar-refractivity contribution in [3.05, 3.63) is 95.8 Å². The number of rotatable bonds is 5. The molecule has 6 heteroatoms. The molecule has 2 heterocycles. The van der Waals surface area contributed by atoms with Crippen LogP contribution < -0.4 is 4.74 Å². The Bertz CT molecular complexity index is 856. The fraction of sp³-hybridized carbons (Fsp3) is 0.292. The van der Waals surface area contributed by atoms with Gasteiger partial charge in [0.05, 0.1) is 12.2 Å². The summed E-state index contributed by atoms with van der Waals surface area (Å²) in [6.07, 6.45) is 1.11. The number of pyridine rings is 1. The molecule has 0 N–H and O–H groups in total. The summed E-state index contributed by atoms with van der Waals surface area (Å²) in [6, 6.07) is 19.1. The van der Waals surface area contributed by atoms with E-state index in [0.717, 1.165) is 44.6 Å². The minimum atomic E-state index is -4.30. The first-order valence-electron chi connectivity index (χ1n) is 9.96. The molecule has 0 fully saturated rings. The Labute approximate surface area is 175 Å². The lowest BCUT2D eigenvalue weighted by molar-refractivity contribution is -0.137. The van der Waals surface area contributed by atoms with Gasteiger partial charge in [-0.25, -0.2) is 0 Å². The molecular formula is C24H25F3N2O. The maximum absolute atomic E-state index is 12.5. The van der Waals surface area contributed by atoms with E-state index in [0.29, 0.717) is 12.4 Å². The number of benzene rings is 2. The molecule has 0 aliphatic carbocycles. The average molecular weight is 414 g/mol. The zero-order chi connectivity index (χ0) is 21.2. The van der Waals surface area contributed by atoms with E-state index in [1.807, 2.05) is 18.2 Å². The largest absolute Gasteiger partial charge is 0.494 e. The van der Waals surface area contributed by atoms with Crippen LogP contribution in [0.15, 0.2) is 79.1 Å². The molecule has 0 radical (unpaired) electrons. The standard InChI is InChI=1S/C19H20F3NO.C5H5N/c20-19(21,22)17-6-8-18(9-7-17)24-13-3-11-23-12-10-15-4-1-2-5-16(15)14-23;1-2-4-6-5-3-1/h1-2,4-9H,3,10-14H2;1-5H. The highest BCUT2D eigenvalue weighted by Gasteiger charge is 2.30. The number of alkyl halides is 3. The maximum Gasteiger partial charge on any atom is 0.416 e. The van der Waals surface area contributed by atoms with Crippen LogP contribution in [0, 0.1) is 0 Å². The third kappa shape index (κ3) is 6.88. The summed E-state index contributed by atoms with van der Waals surface area (Å²) in [6.45, 7) is 3.42. The Morgan fingerprint density at radius 2 is 1.57 bits per heavy atom. The van der Waals surface area contributed by atoms with Crippen molar-refractivity contribution in [3.8, 4) is 5.75 Å². The summed E-state index contributed by atoms with van der Waals surface area (Å²) in [4.78, 5) is 6.17. The van der Waals surface area contributed by atoms with Gasteiger partial charge in [0.1, 0.15) is 5.75 Å². The van der Waals surface area contributed by atoms with Gasteiger partial charge in [-0.15, -0.1) is 0 Å². The van der Waals surface area contributed by atoms with Crippen molar-refractivity contribution in [2.75, 3.05) is 19.7 Å². The number of fused-ring (bicyclic) bond motifs is 1. The van der Waals surface area contributed by atoms with Crippen LogP contribution in [0.1, 0.15) is 23.1 Å². The van der Waals surface area contributed by atoms with Crippen molar-refractivity contribution in [1.29, 1.82) is 0 Å². The fourth-order valence-electron chi connectivity index (χ4n) is 3.28. The molecule has 3 aromatic rings. The molecule has 1 aromatic heterocycles. The van der Waals surface area contributed by atoms with Gasteiger partial charge in [-0.3, -0.25) is 9.88 Å². The summed E-state index contributed by atoms with van der Waals surface area (Å²) in [7, 11) is 0. The van der Waals surface area contributed by atoms with Gasteiger partial charge in [-0.2, -0.15) is 13.2 Å². The van der Waals surface area contributed by atoms with Crippen molar-refractivity contribution in [2.45, 2.75) is 25.6 Å². The van der Waals surface area contributed by atoms with Crippen LogP contribution in [-0.2, 0) is 19.1 Å². The zero-order valence-electron chi connectivity index (χ0n) is 16.7. The summed E-state index contributed by atoms with van der Waals surface area (Å²) in [5.41, 5.74) is 2.16. The first kappa shape index (κ1) is 21.8. The highest BCUT2D eigenvalue weighted by atomic mass is 19.4. The molecule has 4 rings (SSSR count). The monoisotopic (exact) mass is 414 g/mol. The number of halogens is 3. The molecule has 1 aliphatic heterocycles. The third-order valence-electron chi connectivity index (χ3n) is 4.85. The topological polar surface area (TPSA) is 25.4 Å². The van der Waals surface area contributed by atoms with Crippen molar-refractivity contribution >= 4 is 0 Å². The maximum atomic E-state index is 12.5. The lowest BCUT2D eigenvalue weighted by Gasteiger charge is -2.28. The molecule has 30 heavy (non-hydrogen) atoms. The molecule has 3 nitrogen and oxygen atoms in total. The normalized spacial score (nSPS) is 13.7. The van der Waals surface area contributed by atoms with Gasteiger partial charge in [-0.1, -0.05) is 30.3 Å². The summed E-state index contributed by atoms with van der Waals surface area (Å²) < 4.78 is 43.0. The number of nitrogens with zero attached hydrogens (tertiary/aromatic N) is 2. The van der Waals surface area contributed by atoms with Crippen LogP contribution >= 0.6 is 0 Å². The molecule has 1 aliphatic rings. The van der Waals surface area contributed by atoms with Gasteiger partial charge in [0.2, 0.25) is 0 Å². The van der Waals surface area contributed by atoms with Crippen LogP contribution in [0.25, 0.3) is 0 Å². The molecule has 0 saturated carbocycles. The molecular weight excluding hydrogens is 389 g/mol. The van der Waals surface area contributed by atoms with E-state index >= 15 is 0 Å². The lowest BCUT2D eigenvalue weighted by Crippen LogP contribution is -2.31. The number of aromatic nitrogens is 1. The minimum Gasteiger partial charge on any atom is -0.494 e. The van der Waals surface area contributed by atoms with Gasteiger partial charge in [0.15, 0.2) is 0 Å². The first-order chi connectivity index (χ1) is 14.5. The van der Waals surface area contributed by atoms with Crippen LogP contribution in [0.2, 0.25) is 0 Å². The van der Waals surface area contributed by atoms with E-state index in [1.54, 1.807) is 12.4 Å². The SMILES string of the molecule is FC(F)(F)c1ccc(OCCCN2CCc3ccccc3C2)cc1.c1ccncc1. The van der Waals surface area contributed by atoms with E-state index in [4.69, 9.17) is 4.74 Å². The summed E-state index contributed by atoms with van der Waals surface area (Å²) in [5.74, 6) is 0.479. The van der Waals surface area contributed by atoms with Gasteiger partial charge >= 0.3 is 6.18 Å². The van der Waals surface area contributed by atoms with Gasteiger partial charge in [-0.05, 0) is 60.4 Å². The molecule has 0 saturated heterocycles. The minimum absolute atomic E-state index is 0.479. The highest BCUT2D eigenvalue weighted by molar-refractivity contribution is 5.29. The number of hydrogen-bond donors (Lipinski definition) is 0. The Hall–Kier alpha value is -2.86. The quantitative estimate of drug-likeness (QED) is 0.507. The second-order valence-electron chi connectivity index (χ2n) is 7.04. The molecule has 2 aromatic carbocycles. The molecule has 0 amide bonds. The van der Waals surface area contributed by atoms with Crippen LogP contribution in [-0.4, -0.2) is 29.6 Å². The summed E-state index contributed by atoms with van der Waals surface area (Å²) in [5, 5.41) is 0. The van der Waals surface area contributed by atoms with Gasteiger partial charge in [0, 0.05) is 32.0 Å². The molecule has 0 bridgehead atoms. The first-order valence-corrected chi connectivity index (χ1v) is 9.96. The predicted octanol–water partition coefficient (Wildman–Crippen LogP) is 5.61. The van der Waals surface area contributed by atoms with Crippen LogP contribution in [0.3, 0.4) is 0 Å². The second kappa shape index (κ2) is 10.8. The van der Waals surface area contributed by atoms with Gasteiger partial charge in [0.25, 0.3) is 0 Å². The van der Waals surface area contributed by atoms with E-state index in [9.17, 15) is 13.2 Å². The van der Waals surface area contributed by atoms with E-state index in [2.05, 4.69) is 34.1 Å². The third-order valence-corrected chi connectivity index (χ3v) is 4.85. The molecule has 158 valence electrons. The fourth-order valence-corrected chi connectivity index (χ4v) is 3.28. The Kier molecular flexibility index (Phi) is 7.85. The van der Waals surface area contributed by atoms with Crippen molar-refractivity contribution in [1.82, 2.24) is 9.88 Å². The molecule has 0 spiro atoms. The van der Waals surface area contributed by atoms with E-state index in [1.165, 1.54) is 23.3 Å². The smallest absolute Gasteiger partial charge is 0.416 e. The van der Waals surface area contributed by atoms with E-state index < -0.39 is 11.7 Å². The average Bonchev–Trinajstić information content (AvgIpc) is 2.78. The zero-order valence-corrected chi connectivity index (χ0v) is 16.7. The van der Waals surface area contributed by atoms with Crippen molar-refractivity contribution < 1.29 is 17.9 Å². The van der Waals surface area contributed by atoms with Crippen LogP contribution in [0.4, 0.5) is 13.2 Å². The summed E-state index contributed by atoms with van der Waals surface area (Å²) >= 11 is 0. The van der Waals surface area contributed by atoms with Crippen LogP contribution in [0.5, 0.6) is 5.75 Å².